The summed E-state index contributed by atoms with van der Waals surface area (Å²) in [6.07, 6.45) is 0.698. The Balaban J connectivity index is 2.52. The zero-order valence-corrected chi connectivity index (χ0v) is 11.6. The van der Waals surface area contributed by atoms with E-state index in [4.69, 9.17) is 33.0 Å². The van der Waals surface area contributed by atoms with Gasteiger partial charge in [0.05, 0.1) is 33.9 Å². The van der Waals surface area contributed by atoms with E-state index in [9.17, 15) is 10.1 Å². The topological polar surface area (TPSA) is 84.6 Å². The summed E-state index contributed by atoms with van der Waals surface area (Å²) in [5.74, 6) is 0. The van der Waals surface area contributed by atoms with Gasteiger partial charge >= 0.3 is 0 Å². The first-order valence-electron chi connectivity index (χ1n) is 5.62. The molecular formula is C11H14Cl2N2O4. The Kier molecular flexibility index (Phi) is 6.86. The van der Waals surface area contributed by atoms with Crippen LogP contribution in [0.15, 0.2) is 12.1 Å². The van der Waals surface area contributed by atoms with Gasteiger partial charge in [-0.3, -0.25) is 10.1 Å². The molecule has 19 heavy (non-hydrogen) atoms. The van der Waals surface area contributed by atoms with Crippen LogP contribution in [0.2, 0.25) is 10.0 Å². The average molecular weight is 309 g/mol. The molecule has 0 radical (unpaired) electrons. The fraction of sp³-hybridized carbons (Fsp3) is 0.455. The predicted octanol–water partition coefficient (Wildman–Crippen LogP) is 2.71. The maximum Gasteiger partial charge on any atom is 0.272 e. The Bertz CT molecular complexity index is 420. The molecular weight excluding hydrogens is 295 g/mol. The van der Waals surface area contributed by atoms with Gasteiger partial charge in [0.1, 0.15) is 0 Å². The molecule has 0 unspecified atom stereocenters. The normalized spacial score (nSPS) is 10.5. The second kappa shape index (κ2) is 8.16. The fourth-order valence-corrected chi connectivity index (χ4v) is 2.00. The van der Waals surface area contributed by atoms with Crippen molar-refractivity contribution in [2.24, 2.45) is 0 Å². The highest BCUT2D eigenvalue weighted by Gasteiger charge is 2.14. The van der Waals surface area contributed by atoms with Gasteiger partial charge < -0.3 is 15.2 Å². The van der Waals surface area contributed by atoms with E-state index in [1.54, 1.807) is 0 Å². The lowest BCUT2D eigenvalue weighted by Crippen LogP contribution is -2.08. The molecule has 0 saturated heterocycles. The second-order valence-corrected chi connectivity index (χ2v) is 4.47. The van der Waals surface area contributed by atoms with Gasteiger partial charge in [0.25, 0.3) is 5.69 Å². The standard InChI is InChI=1S/C11H14Cl2N2O4/c12-9-6-8(15(17)18)7-10(13)11(9)14-2-1-4-19-5-3-16/h6-7,14,16H,1-5H2. The van der Waals surface area contributed by atoms with E-state index in [-0.39, 0.29) is 22.3 Å². The smallest absolute Gasteiger partial charge is 0.272 e. The third-order valence-electron chi connectivity index (χ3n) is 2.24. The van der Waals surface area contributed by atoms with Crippen molar-refractivity contribution in [2.75, 3.05) is 31.7 Å². The van der Waals surface area contributed by atoms with Crippen LogP contribution in [0.5, 0.6) is 0 Å². The molecule has 2 N–H and O–H groups in total. The molecule has 0 aliphatic carbocycles. The number of aliphatic hydroxyl groups is 1. The van der Waals surface area contributed by atoms with Crippen molar-refractivity contribution >= 4 is 34.6 Å². The van der Waals surface area contributed by atoms with Gasteiger partial charge in [-0.25, -0.2) is 0 Å². The van der Waals surface area contributed by atoms with Gasteiger partial charge in [-0.1, -0.05) is 23.2 Å². The minimum absolute atomic E-state index is 0.00651. The third kappa shape index (κ3) is 5.20. The third-order valence-corrected chi connectivity index (χ3v) is 2.84. The largest absolute Gasteiger partial charge is 0.394 e. The van der Waals surface area contributed by atoms with Crippen LogP contribution in [-0.2, 0) is 4.74 Å². The summed E-state index contributed by atoms with van der Waals surface area (Å²) in [4.78, 5) is 10.1. The summed E-state index contributed by atoms with van der Waals surface area (Å²) < 4.78 is 5.09. The molecule has 0 atom stereocenters. The number of aliphatic hydroxyl groups excluding tert-OH is 1. The van der Waals surface area contributed by atoms with Crippen molar-refractivity contribution in [3.8, 4) is 0 Å². The lowest BCUT2D eigenvalue weighted by molar-refractivity contribution is -0.384. The van der Waals surface area contributed by atoms with Gasteiger partial charge in [-0.2, -0.15) is 0 Å². The number of nitro benzene ring substituents is 1. The number of ether oxygens (including phenoxy) is 1. The quantitative estimate of drug-likeness (QED) is 0.438. The molecule has 0 amide bonds. The Hall–Kier alpha value is -1.08. The number of hydrogen-bond donors (Lipinski definition) is 2. The zero-order valence-electron chi connectivity index (χ0n) is 10.1. The maximum absolute atomic E-state index is 10.6. The Labute approximate surface area is 120 Å². The summed E-state index contributed by atoms with van der Waals surface area (Å²) in [7, 11) is 0. The van der Waals surface area contributed by atoms with E-state index in [1.807, 2.05) is 0 Å². The van der Waals surface area contributed by atoms with Crippen LogP contribution in [-0.4, -0.2) is 36.4 Å². The van der Waals surface area contributed by atoms with Gasteiger partial charge in [-0.15, -0.1) is 0 Å². The second-order valence-electron chi connectivity index (χ2n) is 3.66. The van der Waals surface area contributed by atoms with Crippen molar-refractivity contribution in [1.29, 1.82) is 0 Å². The van der Waals surface area contributed by atoms with E-state index < -0.39 is 4.92 Å². The summed E-state index contributed by atoms with van der Waals surface area (Å²) in [6, 6.07) is 2.50. The monoisotopic (exact) mass is 308 g/mol. The molecule has 1 rings (SSSR count). The minimum atomic E-state index is -0.551. The molecule has 0 bridgehead atoms. The number of halogens is 2. The van der Waals surface area contributed by atoms with E-state index in [0.717, 1.165) is 0 Å². The first-order valence-corrected chi connectivity index (χ1v) is 6.37. The number of anilines is 1. The maximum atomic E-state index is 10.6. The fourth-order valence-electron chi connectivity index (χ4n) is 1.39. The summed E-state index contributed by atoms with van der Waals surface area (Å²) in [6.45, 7) is 1.35. The van der Waals surface area contributed by atoms with E-state index in [2.05, 4.69) is 5.32 Å². The molecule has 0 heterocycles. The highest BCUT2D eigenvalue weighted by Crippen LogP contribution is 2.34. The number of benzene rings is 1. The highest BCUT2D eigenvalue weighted by molar-refractivity contribution is 6.39. The molecule has 0 aliphatic rings. The molecule has 0 fully saturated rings. The molecule has 1 aromatic carbocycles. The van der Waals surface area contributed by atoms with Crippen LogP contribution in [0.25, 0.3) is 0 Å². The summed E-state index contributed by atoms with van der Waals surface area (Å²) in [5, 5.41) is 22.5. The first kappa shape index (κ1) is 16.0. The Morgan fingerprint density at radius 3 is 2.47 bits per heavy atom. The van der Waals surface area contributed by atoms with Crippen LogP contribution in [0.4, 0.5) is 11.4 Å². The minimum Gasteiger partial charge on any atom is -0.394 e. The van der Waals surface area contributed by atoms with Gasteiger partial charge in [0.2, 0.25) is 0 Å². The SMILES string of the molecule is O=[N+]([O-])c1cc(Cl)c(NCCCOCCO)c(Cl)c1. The highest BCUT2D eigenvalue weighted by atomic mass is 35.5. The molecule has 8 heteroatoms. The van der Waals surface area contributed by atoms with Crippen LogP contribution in [0.1, 0.15) is 6.42 Å². The molecule has 0 saturated carbocycles. The number of non-ortho nitro benzene ring substituents is 1. The molecule has 0 spiro atoms. The van der Waals surface area contributed by atoms with Crippen molar-refractivity contribution < 1.29 is 14.8 Å². The van der Waals surface area contributed by atoms with Crippen LogP contribution in [0, 0.1) is 10.1 Å². The van der Waals surface area contributed by atoms with Crippen LogP contribution >= 0.6 is 23.2 Å². The summed E-state index contributed by atoms with van der Waals surface area (Å²) >= 11 is 11.9. The molecule has 0 aliphatic heterocycles. The lowest BCUT2D eigenvalue weighted by Gasteiger charge is -2.10. The number of rotatable bonds is 8. The molecule has 6 nitrogen and oxygen atoms in total. The lowest BCUT2D eigenvalue weighted by atomic mass is 10.2. The van der Waals surface area contributed by atoms with Gasteiger partial charge in [0, 0.05) is 25.3 Å². The Morgan fingerprint density at radius 2 is 1.95 bits per heavy atom. The van der Waals surface area contributed by atoms with Crippen molar-refractivity contribution in [2.45, 2.75) is 6.42 Å². The van der Waals surface area contributed by atoms with Gasteiger partial charge in [0.15, 0.2) is 0 Å². The number of nitro groups is 1. The van der Waals surface area contributed by atoms with Crippen molar-refractivity contribution in [3.63, 3.8) is 0 Å². The average Bonchev–Trinajstić information content (AvgIpc) is 2.35. The van der Waals surface area contributed by atoms with E-state index in [1.165, 1.54) is 12.1 Å². The zero-order chi connectivity index (χ0) is 14.3. The van der Waals surface area contributed by atoms with Crippen LogP contribution in [0.3, 0.4) is 0 Å². The molecule has 0 aromatic heterocycles. The predicted molar refractivity (Wildman–Crippen MR) is 74.1 cm³/mol. The van der Waals surface area contributed by atoms with Crippen molar-refractivity contribution in [1.82, 2.24) is 0 Å². The van der Waals surface area contributed by atoms with E-state index in [0.29, 0.717) is 31.9 Å². The number of nitrogens with one attached hydrogen (secondary N) is 1. The van der Waals surface area contributed by atoms with Gasteiger partial charge in [-0.05, 0) is 6.42 Å². The summed E-state index contributed by atoms with van der Waals surface area (Å²) in [5.41, 5.74) is 0.322. The van der Waals surface area contributed by atoms with Crippen molar-refractivity contribution in [3.05, 3.63) is 32.3 Å². The number of nitrogens with zero attached hydrogens (tertiary/aromatic N) is 1. The number of hydrogen-bond acceptors (Lipinski definition) is 5. The molecule has 1 aromatic rings. The van der Waals surface area contributed by atoms with E-state index >= 15 is 0 Å². The first-order chi connectivity index (χ1) is 9.06. The van der Waals surface area contributed by atoms with Crippen LogP contribution < -0.4 is 5.32 Å². The molecule has 106 valence electrons. The Morgan fingerprint density at radius 1 is 1.32 bits per heavy atom.